The molecule has 0 amide bonds. The fourth-order valence-corrected chi connectivity index (χ4v) is 9.81. The van der Waals surface area contributed by atoms with Crippen molar-refractivity contribution < 1.29 is 17.6 Å². The Bertz CT molecular complexity index is 2460. The van der Waals surface area contributed by atoms with E-state index in [4.69, 9.17) is 0 Å². The largest absolute Gasteiger partial charge is 0.416 e. The smallest absolute Gasteiger partial charge is 0.312 e. The number of para-hydroxylation sites is 1. The lowest BCUT2D eigenvalue weighted by Gasteiger charge is -2.49. The van der Waals surface area contributed by atoms with Crippen LogP contribution in [0.3, 0.4) is 0 Å². The van der Waals surface area contributed by atoms with Crippen LogP contribution in [0.1, 0.15) is 22.3 Å². The third-order valence-electron chi connectivity index (χ3n) is 10.6. The first kappa shape index (κ1) is 29.1. The first-order chi connectivity index (χ1) is 23.6. The summed E-state index contributed by atoms with van der Waals surface area (Å²) in [4.78, 5) is 5.52. The quantitative estimate of drug-likeness (QED) is 0.136. The summed E-state index contributed by atoms with van der Waals surface area (Å²) in [6.45, 7) is 5.31. The van der Waals surface area contributed by atoms with E-state index in [-0.39, 0.29) is 12.5 Å². The highest BCUT2D eigenvalue weighted by Gasteiger charge is 2.52. The molecule has 4 heterocycles. The lowest BCUT2D eigenvalue weighted by atomic mass is 9.29. The van der Waals surface area contributed by atoms with Gasteiger partial charge in [0, 0.05) is 38.2 Å². The fraction of sp³-hybridized carbons (Fsp3) is 0.100. The fourth-order valence-electron chi connectivity index (χ4n) is 8.63. The number of halogens is 4. The Balaban J connectivity index is 1.41. The van der Waals surface area contributed by atoms with Crippen LogP contribution in [0.5, 0.6) is 0 Å². The molecule has 0 spiro atoms. The maximum atomic E-state index is 18.0. The molecule has 0 aliphatic carbocycles. The number of fused-ring (bicyclic) bond motifs is 10. The molecule has 2 nitrogen and oxygen atoms in total. The zero-order chi connectivity index (χ0) is 33.5. The summed E-state index contributed by atoms with van der Waals surface area (Å²) in [5, 5.41) is 0. The minimum atomic E-state index is -4.53. The number of hydrogen-bond acceptors (Lipinski definition) is 3. The third-order valence-corrected chi connectivity index (χ3v) is 11.8. The highest BCUT2D eigenvalue weighted by molar-refractivity contribution is 8.00. The van der Waals surface area contributed by atoms with Crippen LogP contribution in [0.15, 0.2) is 113 Å². The Hall–Kier alpha value is -4.88. The molecule has 236 valence electrons. The van der Waals surface area contributed by atoms with Gasteiger partial charge in [0.2, 0.25) is 6.71 Å². The van der Waals surface area contributed by atoms with Crippen LogP contribution in [-0.2, 0) is 6.18 Å². The van der Waals surface area contributed by atoms with Gasteiger partial charge in [0.25, 0.3) is 6.71 Å². The summed E-state index contributed by atoms with van der Waals surface area (Å²) in [7, 11) is 0. The average Bonchev–Trinajstić information content (AvgIpc) is 3.09. The maximum Gasteiger partial charge on any atom is 0.416 e. The number of anilines is 6. The van der Waals surface area contributed by atoms with Crippen molar-refractivity contribution in [2.45, 2.75) is 36.7 Å². The molecule has 9 heteroatoms. The van der Waals surface area contributed by atoms with Gasteiger partial charge in [-0.3, -0.25) is 0 Å². The Morgan fingerprint density at radius 2 is 1.14 bits per heavy atom. The van der Waals surface area contributed by atoms with E-state index in [1.54, 1.807) is 6.07 Å². The van der Waals surface area contributed by atoms with Crippen molar-refractivity contribution in [1.29, 1.82) is 0 Å². The summed E-state index contributed by atoms with van der Waals surface area (Å²) in [5.41, 5.74) is 12.4. The SMILES string of the molecule is Cc1ccc2c(c1)B1c3cc(C)ccc3N3c4ccc(C(F)(F)F)cc4B4c5ccccc5Sc5c(F)c(c1c3c54)N2c1ccccc1C. The van der Waals surface area contributed by atoms with Gasteiger partial charge in [-0.25, -0.2) is 4.39 Å². The van der Waals surface area contributed by atoms with Crippen LogP contribution >= 0.6 is 11.8 Å². The molecule has 0 unspecified atom stereocenters. The highest BCUT2D eigenvalue weighted by atomic mass is 32.2. The molecule has 4 aliphatic rings. The van der Waals surface area contributed by atoms with E-state index in [0.717, 1.165) is 71.6 Å². The first-order valence-electron chi connectivity index (χ1n) is 16.4. The molecule has 0 saturated carbocycles. The summed E-state index contributed by atoms with van der Waals surface area (Å²) >= 11 is 1.38. The molecule has 6 aromatic rings. The molecule has 6 aromatic carbocycles. The summed E-state index contributed by atoms with van der Waals surface area (Å²) in [6.07, 6.45) is -4.53. The maximum absolute atomic E-state index is 18.0. The lowest BCUT2D eigenvalue weighted by molar-refractivity contribution is -0.137. The Morgan fingerprint density at radius 1 is 0.571 bits per heavy atom. The van der Waals surface area contributed by atoms with Gasteiger partial charge in [0.05, 0.1) is 11.3 Å². The zero-order valence-corrected chi connectivity index (χ0v) is 27.6. The van der Waals surface area contributed by atoms with Crippen molar-refractivity contribution in [3.63, 3.8) is 0 Å². The normalized spacial score (nSPS) is 14.6. The molecule has 10 rings (SSSR count). The molecule has 0 radical (unpaired) electrons. The van der Waals surface area contributed by atoms with Crippen LogP contribution in [0, 0.1) is 26.6 Å². The Morgan fingerprint density at radius 3 is 1.82 bits per heavy atom. The second kappa shape index (κ2) is 9.85. The first-order valence-corrected chi connectivity index (χ1v) is 17.2. The summed E-state index contributed by atoms with van der Waals surface area (Å²) < 4.78 is 61.1. The van der Waals surface area contributed by atoms with E-state index in [9.17, 15) is 13.2 Å². The van der Waals surface area contributed by atoms with Crippen molar-refractivity contribution in [2.75, 3.05) is 9.80 Å². The van der Waals surface area contributed by atoms with Crippen LogP contribution in [0.25, 0.3) is 0 Å². The second-order valence-corrected chi connectivity index (χ2v) is 14.6. The predicted molar refractivity (Wildman–Crippen MR) is 195 cm³/mol. The van der Waals surface area contributed by atoms with E-state index < -0.39 is 18.5 Å². The molecular weight excluding hydrogens is 638 g/mol. The van der Waals surface area contributed by atoms with Crippen molar-refractivity contribution in [2.24, 2.45) is 0 Å². The number of rotatable bonds is 1. The van der Waals surface area contributed by atoms with Crippen molar-refractivity contribution >= 4 is 92.1 Å². The molecule has 0 N–H and O–H groups in total. The number of benzene rings is 6. The van der Waals surface area contributed by atoms with E-state index in [1.807, 2.05) is 62.4 Å². The topological polar surface area (TPSA) is 6.48 Å². The minimum Gasteiger partial charge on any atom is -0.312 e. The van der Waals surface area contributed by atoms with Crippen molar-refractivity contribution in [1.82, 2.24) is 0 Å². The number of hydrogen-bond donors (Lipinski definition) is 0. The molecular formula is C40H26B2F4N2S. The van der Waals surface area contributed by atoms with Crippen LogP contribution < -0.4 is 42.6 Å². The van der Waals surface area contributed by atoms with E-state index in [2.05, 4.69) is 53.1 Å². The van der Waals surface area contributed by atoms with Gasteiger partial charge < -0.3 is 9.80 Å². The van der Waals surface area contributed by atoms with E-state index in [1.165, 1.54) is 23.9 Å². The van der Waals surface area contributed by atoms with Crippen LogP contribution in [0.2, 0.25) is 0 Å². The van der Waals surface area contributed by atoms with Crippen LogP contribution in [0.4, 0.5) is 51.7 Å². The third kappa shape index (κ3) is 3.82. The van der Waals surface area contributed by atoms with Gasteiger partial charge >= 0.3 is 6.18 Å². The van der Waals surface area contributed by atoms with Gasteiger partial charge in [-0.05, 0) is 90.0 Å². The number of alkyl halides is 3. The van der Waals surface area contributed by atoms with Gasteiger partial charge in [-0.2, -0.15) is 13.2 Å². The molecule has 49 heavy (non-hydrogen) atoms. The number of aryl methyl sites for hydroxylation is 3. The predicted octanol–water partition coefficient (Wildman–Crippen LogP) is 7.15. The highest BCUT2D eigenvalue weighted by Crippen LogP contribution is 2.50. The Kier molecular flexibility index (Phi) is 5.84. The van der Waals surface area contributed by atoms with Crippen LogP contribution in [-0.4, -0.2) is 13.4 Å². The van der Waals surface area contributed by atoms with E-state index in [0.29, 0.717) is 21.7 Å². The molecule has 0 saturated heterocycles. The summed E-state index contributed by atoms with van der Waals surface area (Å²) in [5.74, 6) is -0.343. The van der Waals surface area contributed by atoms with Crippen molar-refractivity contribution in [3.8, 4) is 0 Å². The standard InChI is InChI=1S/C40H26B2F4N2S/c1-21-12-15-30-26(18-21)42-27-19-22(2)13-16-31(27)48-32-17-14-24(40(44,45)46)20-28(32)41-25-9-5-7-11-33(25)49-39-35(41)37(48)34(42)38(36(39)43)47(30)29-10-6-4-8-23(29)3/h4-20H,1-3H3. The van der Waals surface area contributed by atoms with Crippen molar-refractivity contribution in [3.05, 3.63) is 131 Å². The van der Waals surface area contributed by atoms with Gasteiger partial charge in [-0.15, -0.1) is 0 Å². The molecule has 0 bridgehead atoms. The minimum absolute atomic E-state index is 0.287. The molecule has 0 fully saturated rings. The number of nitrogens with zero attached hydrogens (tertiary/aromatic N) is 2. The zero-order valence-electron chi connectivity index (χ0n) is 26.8. The molecule has 0 atom stereocenters. The van der Waals surface area contributed by atoms with Gasteiger partial charge in [-0.1, -0.05) is 95.1 Å². The molecule has 0 aromatic heterocycles. The van der Waals surface area contributed by atoms with E-state index >= 15 is 4.39 Å². The average molecular weight is 664 g/mol. The lowest BCUT2D eigenvalue weighted by Crippen LogP contribution is -2.68. The summed E-state index contributed by atoms with van der Waals surface area (Å²) in [6, 6.07) is 32.6. The Labute approximate surface area is 286 Å². The van der Waals surface area contributed by atoms with Gasteiger partial charge in [0.15, 0.2) is 5.82 Å². The molecule has 4 aliphatic heterocycles. The second-order valence-electron chi connectivity index (χ2n) is 13.5. The monoisotopic (exact) mass is 664 g/mol. The van der Waals surface area contributed by atoms with Gasteiger partial charge in [0.1, 0.15) is 0 Å².